The molecule has 2 atom stereocenters. The van der Waals surface area contributed by atoms with E-state index in [0.29, 0.717) is 35.5 Å². The molecule has 10 nitrogen and oxygen atoms in total. The van der Waals surface area contributed by atoms with Crippen molar-refractivity contribution in [2.45, 2.75) is 43.3 Å². The first-order valence-corrected chi connectivity index (χ1v) is 17.1. The highest BCUT2D eigenvalue weighted by molar-refractivity contribution is 7.90. The second-order valence-electron chi connectivity index (χ2n) is 11.9. The molecule has 0 spiro atoms. The number of carbonyl (C=O) groups is 1. The Hall–Kier alpha value is -3.64. The number of aromatic nitrogens is 2. The predicted molar refractivity (Wildman–Crippen MR) is 175 cm³/mol. The number of amides is 1. The highest BCUT2D eigenvalue weighted by Crippen LogP contribution is 2.31. The van der Waals surface area contributed by atoms with Crippen LogP contribution in [0.15, 0.2) is 82.5 Å². The van der Waals surface area contributed by atoms with E-state index in [1.807, 2.05) is 23.1 Å². The maximum absolute atomic E-state index is 14.5. The van der Waals surface area contributed by atoms with Crippen LogP contribution in [-0.2, 0) is 14.8 Å². The molecule has 2 aliphatic rings. The summed E-state index contributed by atoms with van der Waals surface area (Å²) in [6.45, 7) is 9.40. The summed E-state index contributed by atoms with van der Waals surface area (Å²) in [6, 6.07) is 19.1. The molecule has 2 saturated heterocycles. The van der Waals surface area contributed by atoms with E-state index in [0.717, 1.165) is 36.6 Å². The zero-order valence-corrected chi connectivity index (χ0v) is 27.2. The zero-order chi connectivity index (χ0) is 31.9. The lowest BCUT2D eigenvalue weighted by Crippen LogP contribution is -2.53. The topological polar surface area (TPSA) is 97.1 Å². The fourth-order valence-corrected chi connectivity index (χ4v) is 8.13. The molecule has 1 amide bonds. The van der Waals surface area contributed by atoms with E-state index >= 15 is 0 Å². The van der Waals surface area contributed by atoms with Gasteiger partial charge in [0.2, 0.25) is 0 Å². The van der Waals surface area contributed by atoms with Crippen LogP contribution >= 0.6 is 11.6 Å². The van der Waals surface area contributed by atoms with Crippen LogP contribution in [0.25, 0.3) is 11.0 Å². The van der Waals surface area contributed by atoms with E-state index in [1.54, 1.807) is 18.2 Å². The van der Waals surface area contributed by atoms with Crippen LogP contribution in [-0.4, -0.2) is 96.0 Å². The smallest absolute Gasteiger partial charge is 0.344 e. The first kappa shape index (κ1) is 31.3. The van der Waals surface area contributed by atoms with Crippen molar-refractivity contribution in [3.05, 3.63) is 93.9 Å². The number of rotatable bonds is 8. The molecule has 1 aromatic heterocycles. The number of likely N-dealkylation sites (tertiary alicyclic amines) is 1. The van der Waals surface area contributed by atoms with Crippen molar-refractivity contribution in [2.75, 3.05) is 46.4 Å². The largest absolute Gasteiger partial charge is 0.497 e. The average molecular weight is 652 g/mol. The highest BCUT2D eigenvalue weighted by atomic mass is 35.5. The van der Waals surface area contributed by atoms with E-state index in [9.17, 15) is 18.0 Å². The molecule has 238 valence electrons. The van der Waals surface area contributed by atoms with Gasteiger partial charge in [0.15, 0.2) is 0 Å². The van der Waals surface area contributed by atoms with Gasteiger partial charge < -0.3 is 9.64 Å². The number of benzene rings is 3. The number of ether oxygens (including phenoxy) is 1. The minimum atomic E-state index is -4.36. The van der Waals surface area contributed by atoms with Crippen LogP contribution < -0.4 is 10.4 Å². The number of methoxy groups -OCH3 is 1. The van der Waals surface area contributed by atoms with Crippen LogP contribution in [0.1, 0.15) is 31.9 Å². The van der Waals surface area contributed by atoms with Gasteiger partial charge in [0, 0.05) is 56.4 Å². The lowest BCUT2D eigenvalue weighted by molar-refractivity contribution is -0.132. The summed E-state index contributed by atoms with van der Waals surface area (Å²) in [6.07, 6.45) is 0.837. The van der Waals surface area contributed by atoms with Crippen molar-refractivity contribution in [2.24, 2.45) is 0 Å². The Balaban J connectivity index is 1.41. The fraction of sp³-hybridized carbons (Fsp3) is 0.394. The molecular formula is C33H38ClN5O5S. The molecule has 0 aliphatic carbocycles. The standard InChI is InChI=1S/C33H38ClN5O5S/c1-23(2)35-17-19-36(20-18-35)26-15-16-37(22-26)32(40)31(24-7-5-4-6-8-24)38-30-21-25(34)9-14-29(30)39(33(38)41)45(42,43)28-12-10-27(44-3)11-13-28/h4-14,21,23,26,31H,15-20,22H2,1-3H3/t26-,31?/m1/s1. The molecular weight excluding hydrogens is 614 g/mol. The van der Waals surface area contributed by atoms with Crippen molar-refractivity contribution in [3.63, 3.8) is 0 Å². The van der Waals surface area contributed by atoms with Gasteiger partial charge in [0.1, 0.15) is 11.8 Å². The number of imidazole rings is 1. The van der Waals surface area contributed by atoms with Crippen LogP contribution in [0.3, 0.4) is 0 Å². The third-order valence-electron chi connectivity index (χ3n) is 9.07. The number of piperazine rings is 1. The second kappa shape index (κ2) is 12.6. The molecule has 12 heteroatoms. The molecule has 6 rings (SSSR count). The summed E-state index contributed by atoms with van der Waals surface area (Å²) in [5.74, 6) is 0.225. The van der Waals surface area contributed by atoms with Crippen molar-refractivity contribution in [3.8, 4) is 5.75 Å². The Morgan fingerprint density at radius 3 is 2.24 bits per heavy atom. The van der Waals surface area contributed by atoms with Gasteiger partial charge in [-0.2, -0.15) is 3.97 Å². The molecule has 4 aromatic rings. The second-order valence-corrected chi connectivity index (χ2v) is 14.2. The minimum Gasteiger partial charge on any atom is -0.497 e. The summed E-state index contributed by atoms with van der Waals surface area (Å²) in [4.78, 5) is 35.6. The number of fused-ring (bicyclic) bond motifs is 1. The lowest BCUT2D eigenvalue weighted by atomic mass is 10.0. The number of nitrogens with zero attached hydrogens (tertiary/aromatic N) is 5. The molecule has 2 aliphatic heterocycles. The highest BCUT2D eigenvalue weighted by Gasteiger charge is 2.38. The van der Waals surface area contributed by atoms with Crippen molar-refractivity contribution >= 4 is 38.6 Å². The first-order valence-electron chi connectivity index (χ1n) is 15.2. The number of carbonyl (C=O) groups excluding carboxylic acids is 1. The number of hydrogen-bond acceptors (Lipinski definition) is 7. The fourth-order valence-electron chi connectivity index (χ4n) is 6.57. The maximum atomic E-state index is 14.5. The number of halogens is 1. The van der Waals surface area contributed by atoms with Crippen LogP contribution in [0, 0.1) is 0 Å². The van der Waals surface area contributed by atoms with Gasteiger partial charge in [-0.25, -0.2) is 13.2 Å². The van der Waals surface area contributed by atoms with Crippen molar-refractivity contribution in [1.29, 1.82) is 0 Å². The molecule has 45 heavy (non-hydrogen) atoms. The summed E-state index contributed by atoms with van der Waals surface area (Å²) >= 11 is 6.42. The molecule has 3 aromatic carbocycles. The Labute approximate surface area is 268 Å². The summed E-state index contributed by atoms with van der Waals surface area (Å²) in [5, 5.41) is 0.316. The molecule has 0 N–H and O–H groups in total. The van der Waals surface area contributed by atoms with Crippen molar-refractivity contribution < 1.29 is 17.9 Å². The van der Waals surface area contributed by atoms with Gasteiger partial charge >= 0.3 is 5.69 Å². The summed E-state index contributed by atoms with van der Waals surface area (Å²) in [5.41, 5.74) is 0.133. The molecule has 3 heterocycles. The Bertz CT molecular complexity index is 1850. The van der Waals surface area contributed by atoms with E-state index in [2.05, 4.69) is 23.6 Å². The first-order chi connectivity index (χ1) is 21.6. The molecule has 0 bridgehead atoms. The Morgan fingerprint density at radius 1 is 0.911 bits per heavy atom. The SMILES string of the molecule is COc1ccc(S(=O)(=O)n2c(=O)n(C(C(=O)N3CC[C@@H](N4CCN(C(C)C)CC4)C3)c3ccccc3)c3cc(Cl)ccc32)cc1. The minimum absolute atomic E-state index is 0.0815. The van der Waals surface area contributed by atoms with Gasteiger partial charge in [0.05, 0.1) is 23.0 Å². The normalized spacial score (nSPS) is 19.0. The van der Waals surface area contributed by atoms with E-state index in [1.165, 1.54) is 48.1 Å². The third kappa shape index (κ3) is 5.90. The molecule has 0 radical (unpaired) electrons. The molecule has 1 unspecified atom stereocenters. The number of hydrogen-bond donors (Lipinski definition) is 0. The van der Waals surface area contributed by atoms with Crippen LogP contribution in [0.4, 0.5) is 0 Å². The van der Waals surface area contributed by atoms with Gasteiger partial charge in [-0.1, -0.05) is 41.9 Å². The molecule has 0 saturated carbocycles. The maximum Gasteiger partial charge on any atom is 0.344 e. The van der Waals surface area contributed by atoms with E-state index in [-0.39, 0.29) is 27.9 Å². The quantitative estimate of drug-likeness (QED) is 0.285. The molecule has 2 fully saturated rings. The van der Waals surface area contributed by atoms with Crippen LogP contribution in [0.5, 0.6) is 5.75 Å². The monoisotopic (exact) mass is 651 g/mol. The van der Waals surface area contributed by atoms with Gasteiger partial charge in [-0.05, 0) is 68.3 Å². The summed E-state index contributed by atoms with van der Waals surface area (Å²) in [7, 11) is -2.87. The Kier molecular flexibility index (Phi) is 8.80. The van der Waals surface area contributed by atoms with E-state index in [4.69, 9.17) is 16.3 Å². The van der Waals surface area contributed by atoms with Gasteiger partial charge in [-0.3, -0.25) is 19.2 Å². The zero-order valence-electron chi connectivity index (χ0n) is 25.7. The predicted octanol–water partition coefficient (Wildman–Crippen LogP) is 3.92. The third-order valence-corrected chi connectivity index (χ3v) is 11.0. The Morgan fingerprint density at radius 2 is 1.60 bits per heavy atom. The van der Waals surface area contributed by atoms with Gasteiger partial charge in [-0.15, -0.1) is 0 Å². The lowest BCUT2D eigenvalue weighted by Gasteiger charge is -2.39. The van der Waals surface area contributed by atoms with E-state index < -0.39 is 21.8 Å². The average Bonchev–Trinajstić information content (AvgIpc) is 3.65. The summed E-state index contributed by atoms with van der Waals surface area (Å²) < 4.78 is 35.3. The van der Waals surface area contributed by atoms with Gasteiger partial charge in [0.25, 0.3) is 15.9 Å². The van der Waals surface area contributed by atoms with Crippen molar-refractivity contribution in [1.82, 2.24) is 23.2 Å². The van der Waals surface area contributed by atoms with Crippen LogP contribution in [0.2, 0.25) is 5.02 Å².